The number of hydrogen-bond acceptors (Lipinski definition) is 5. The molecule has 0 radical (unpaired) electrons. The van der Waals surface area contributed by atoms with Crippen molar-refractivity contribution in [3.05, 3.63) is 28.7 Å². The number of aryl methyl sites for hydroxylation is 2. The molecule has 21 heavy (non-hydrogen) atoms. The summed E-state index contributed by atoms with van der Waals surface area (Å²) in [5, 5.41) is 7.28. The first kappa shape index (κ1) is 14.2. The van der Waals surface area contributed by atoms with E-state index in [0.29, 0.717) is 18.9 Å². The van der Waals surface area contributed by atoms with Gasteiger partial charge < -0.3 is 4.90 Å². The van der Waals surface area contributed by atoms with E-state index in [1.165, 1.54) is 11.3 Å². The first-order valence-electron chi connectivity index (χ1n) is 7.24. The highest BCUT2D eigenvalue weighted by Gasteiger charge is 2.26. The Morgan fingerprint density at radius 2 is 2.43 bits per heavy atom. The van der Waals surface area contributed by atoms with Crippen LogP contribution in [0.2, 0.25) is 0 Å². The Hall–Kier alpha value is -1.76. The van der Waals surface area contributed by atoms with Crippen molar-refractivity contribution in [2.45, 2.75) is 38.6 Å². The zero-order valence-corrected chi connectivity index (χ0v) is 12.9. The molecule has 0 N–H and O–H groups in total. The lowest BCUT2D eigenvalue weighted by molar-refractivity contribution is -0.132. The van der Waals surface area contributed by atoms with Gasteiger partial charge in [0.15, 0.2) is 0 Å². The Kier molecular flexibility index (Phi) is 4.28. The molecule has 1 aliphatic rings. The molecule has 0 spiro atoms. The average Bonchev–Trinajstić information content (AvgIpc) is 3.16. The lowest BCUT2D eigenvalue weighted by atomic mass is 9.98. The summed E-state index contributed by atoms with van der Waals surface area (Å²) < 4.78 is 1.70. The standard InChI is InChI=1S/C14H19N5OS/c1-11-8-21-14(17-11)12-3-2-5-18(7-12)13(20)4-6-19-10-15-9-16-19/h8-10,12H,2-7H2,1H3/t12-/m1/s1. The summed E-state index contributed by atoms with van der Waals surface area (Å²) in [6, 6.07) is 0. The van der Waals surface area contributed by atoms with Crippen LogP contribution in [0, 0.1) is 6.92 Å². The number of hydrogen-bond donors (Lipinski definition) is 0. The quantitative estimate of drug-likeness (QED) is 0.864. The van der Waals surface area contributed by atoms with Crippen molar-refractivity contribution in [2.24, 2.45) is 0 Å². The molecular weight excluding hydrogens is 286 g/mol. The van der Waals surface area contributed by atoms with Crippen molar-refractivity contribution < 1.29 is 4.79 Å². The van der Waals surface area contributed by atoms with Crippen molar-refractivity contribution in [1.82, 2.24) is 24.6 Å². The summed E-state index contributed by atoms with van der Waals surface area (Å²) in [4.78, 5) is 22.8. The predicted molar refractivity (Wildman–Crippen MR) is 80.0 cm³/mol. The highest BCUT2D eigenvalue weighted by Crippen LogP contribution is 2.29. The minimum Gasteiger partial charge on any atom is -0.342 e. The number of likely N-dealkylation sites (tertiary alicyclic amines) is 1. The van der Waals surface area contributed by atoms with Crippen molar-refractivity contribution in [2.75, 3.05) is 13.1 Å². The molecule has 0 aliphatic carbocycles. The number of rotatable bonds is 4. The van der Waals surface area contributed by atoms with E-state index in [1.807, 2.05) is 11.8 Å². The average molecular weight is 305 g/mol. The van der Waals surface area contributed by atoms with Crippen LogP contribution in [-0.4, -0.2) is 43.6 Å². The predicted octanol–water partition coefficient (Wildman–Crippen LogP) is 1.84. The Morgan fingerprint density at radius 3 is 3.14 bits per heavy atom. The molecular formula is C14H19N5OS. The van der Waals surface area contributed by atoms with Gasteiger partial charge in [0, 0.05) is 36.5 Å². The summed E-state index contributed by atoms with van der Waals surface area (Å²) in [6.07, 6.45) is 5.79. The lowest BCUT2D eigenvalue weighted by Gasteiger charge is -2.32. The lowest BCUT2D eigenvalue weighted by Crippen LogP contribution is -2.39. The zero-order chi connectivity index (χ0) is 14.7. The van der Waals surface area contributed by atoms with Crippen molar-refractivity contribution in [3.63, 3.8) is 0 Å². The van der Waals surface area contributed by atoms with Crippen LogP contribution in [0.3, 0.4) is 0 Å². The number of amides is 1. The van der Waals surface area contributed by atoms with Gasteiger partial charge >= 0.3 is 0 Å². The summed E-state index contributed by atoms with van der Waals surface area (Å²) >= 11 is 1.71. The van der Waals surface area contributed by atoms with Gasteiger partial charge in [0.2, 0.25) is 5.91 Å². The second-order valence-electron chi connectivity index (χ2n) is 5.41. The minimum absolute atomic E-state index is 0.198. The fraction of sp³-hybridized carbons (Fsp3) is 0.571. The van der Waals surface area contributed by atoms with E-state index >= 15 is 0 Å². The van der Waals surface area contributed by atoms with Crippen LogP contribution in [0.5, 0.6) is 0 Å². The third-order valence-electron chi connectivity index (χ3n) is 3.78. The topological polar surface area (TPSA) is 63.9 Å². The summed E-state index contributed by atoms with van der Waals surface area (Å²) in [5.41, 5.74) is 1.07. The highest BCUT2D eigenvalue weighted by molar-refractivity contribution is 7.09. The first-order chi connectivity index (χ1) is 10.2. The molecule has 1 atom stereocenters. The van der Waals surface area contributed by atoms with E-state index in [-0.39, 0.29) is 5.91 Å². The maximum atomic E-state index is 12.3. The number of nitrogens with zero attached hydrogens (tertiary/aromatic N) is 5. The molecule has 1 fully saturated rings. The van der Waals surface area contributed by atoms with Gasteiger partial charge in [0.1, 0.15) is 12.7 Å². The molecule has 0 aromatic carbocycles. The van der Waals surface area contributed by atoms with Crippen LogP contribution in [-0.2, 0) is 11.3 Å². The molecule has 7 heteroatoms. The van der Waals surface area contributed by atoms with Gasteiger partial charge in [0.25, 0.3) is 0 Å². The summed E-state index contributed by atoms with van der Waals surface area (Å²) in [7, 11) is 0. The summed E-state index contributed by atoms with van der Waals surface area (Å²) in [5.74, 6) is 0.594. The Bertz CT molecular complexity index is 594. The maximum Gasteiger partial charge on any atom is 0.224 e. The molecule has 112 valence electrons. The number of carbonyl (C=O) groups excluding carboxylic acids is 1. The van der Waals surface area contributed by atoms with Gasteiger partial charge in [0.05, 0.1) is 11.6 Å². The van der Waals surface area contributed by atoms with Crippen LogP contribution >= 0.6 is 11.3 Å². The number of carbonyl (C=O) groups is 1. The van der Waals surface area contributed by atoms with E-state index in [2.05, 4.69) is 20.4 Å². The molecule has 0 saturated carbocycles. The van der Waals surface area contributed by atoms with Crippen LogP contribution in [0.15, 0.2) is 18.0 Å². The molecule has 2 aromatic rings. The highest BCUT2D eigenvalue weighted by atomic mass is 32.1. The third-order valence-corrected chi connectivity index (χ3v) is 4.91. The van der Waals surface area contributed by atoms with Crippen molar-refractivity contribution in [1.29, 1.82) is 0 Å². The second kappa shape index (κ2) is 6.34. The number of aromatic nitrogens is 4. The van der Waals surface area contributed by atoms with Crippen LogP contribution in [0.1, 0.15) is 35.9 Å². The second-order valence-corrected chi connectivity index (χ2v) is 6.30. The molecule has 0 bridgehead atoms. The number of piperidine rings is 1. The van der Waals surface area contributed by atoms with Gasteiger partial charge in [-0.25, -0.2) is 9.97 Å². The van der Waals surface area contributed by atoms with Crippen molar-refractivity contribution in [3.8, 4) is 0 Å². The van der Waals surface area contributed by atoms with Crippen molar-refractivity contribution >= 4 is 17.2 Å². The first-order valence-corrected chi connectivity index (χ1v) is 8.12. The van der Waals surface area contributed by atoms with Gasteiger partial charge in [-0.05, 0) is 19.8 Å². The van der Waals surface area contributed by atoms with Crippen LogP contribution < -0.4 is 0 Å². The van der Waals surface area contributed by atoms with Gasteiger partial charge in [-0.1, -0.05) is 0 Å². The van der Waals surface area contributed by atoms with E-state index in [9.17, 15) is 4.79 Å². The smallest absolute Gasteiger partial charge is 0.224 e. The SMILES string of the molecule is Cc1csc([C@@H]2CCCN(C(=O)CCn3cncn3)C2)n1. The zero-order valence-electron chi connectivity index (χ0n) is 12.1. The Labute approximate surface area is 127 Å². The van der Waals surface area contributed by atoms with Crippen LogP contribution in [0.4, 0.5) is 0 Å². The molecule has 1 aliphatic heterocycles. The molecule has 3 heterocycles. The molecule has 1 amide bonds. The molecule has 0 unspecified atom stereocenters. The van der Waals surface area contributed by atoms with Gasteiger partial charge in [-0.2, -0.15) is 5.10 Å². The minimum atomic E-state index is 0.198. The Balaban J connectivity index is 1.56. The third kappa shape index (κ3) is 3.47. The van der Waals surface area contributed by atoms with E-state index in [1.54, 1.807) is 22.3 Å². The largest absolute Gasteiger partial charge is 0.342 e. The normalized spacial score (nSPS) is 18.9. The molecule has 3 rings (SSSR count). The van der Waals surface area contributed by atoms with E-state index in [4.69, 9.17) is 0 Å². The number of thiazole rings is 1. The molecule has 1 saturated heterocycles. The fourth-order valence-corrected chi connectivity index (χ4v) is 3.61. The Morgan fingerprint density at radius 1 is 1.52 bits per heavy atom. The monoisotopic (exact) mass is 305 g/mol. The van der Waals surface area contributed by atoms with E-state index < -0.39 is 0 Å². The molecule has 2 aromatic heterocycles. The maximum absolute atomic E-state index is 12.3. The van der Waals surface area contributed by atoms with Crippen LogP contribution in [0.25, 0.3) is 0 Å². The van der Waals surface area contributed by atoms with E-state index in [0.717, 1.165) is 31.6 Å². The molecule has 6 nitrogen and oxygen atoms in total. The van der Waals surface area contributed by atoms with Gasteiger partial charge in [-0.15, -0.1) is 11.3 Å². The fourth-order valence-electron chi connectivity index (χ4n) is 2.68. The van der Waals surface area contributed by atoms with Gasteiger partial charge in [-0.3, -0.25) is 9.48 Å². The summed E-state index contributed by atoms with van der Waals surface area (Å²) in [6.45, 7) is 4.26.